The fraction of sp³-hybridized carbons (Fsp3) is 0.0500. The van der Waals surface area contributed by atoms with E-state index in [0.29, 0.717) is 26.7 Å². The molecule has 0 saturated heterocycles. The molecule has 0 spiro atoms. The van der Waals surface area contributed by atoms with Crippen LogP contribution < -0.4 is 0 Å². The van der Waals surface area contributed by atoms with Crippen LogP contribution in [0.5, 0.6) is 0 Å². The third-order valence-corrected chi connectivity index (χ3v) is 4.95. The number of carbonyl (C=O) groups is 2. The minimum Gasteiger partial charge on any atom is -0.480 e. The van der Waals surface area contributed by atoms with Crippen LogP contribution in [0.4, 0.5) is 5.69 Å². The third-order valence-electron chi connectivity index (χ3n) is 4.39. The summed E-state index contributed by atoms with van der Waals surface area (Å²) in [6.07, 6.45) is 0. The average molecular weight is 384 g/mol. The molecule has 0 aromatic heterocycles. The van der Waals surface area contributed by atoms with Crippen molar-refractivity contribution in [2.45, 2.75) is 0 Å². The number of hydrogen-bond acceptors (Lipinski definition) is 3. The molecule has 0 aliphatic carbocycles. The molecule has 6 heteroatoms. The summed E-state index contributed by atoms with van der Waals surface area (Å²) in [6, 6.07) is 15.4. The fourth-order valence-electron chi connectivity index (χ4n) is 3.17. The number of carbonyl (C=O) groups excluding carboxylic acids is 1. The monoisotopic (exact) mass is 383 g/mol. The maximum atomic E-state index is 13.0. The van der Waals surface area contributed by atoms with Crippen LogP contribution in [0, 0.1) is 5.92 Å². The van der Waals surface area contributed by atoms with Crippen LogP contribution in [-0.4, -0.2) is 22.6 Å². The molecule has 1 atom stereocenters. The molecule has 1 aliphatic rings. The molecule has 0 saturated carbocycles. The van der Waals surface area contributed by atoms with Gasteiger partial charge in [0.25, 0.3) is 0 Å². The van der Waals surface area contributed by atoms with E-state index in [0.717, 1.165) is 5.39 Å². The topological polar surface area (TPSA) is 66.7 Å². The Hall–Kier alpha value is -2.69. The molecule has 1 heterocycles. The number of aliphatic imine (C=N–C) groups is 1. The van der Waals surface area contributed by atoms with Crippen LogP contribution in [0.3, 0.4) is 0 Å². The van der Waals surface area contributed by atoms with E-state index < -0.39 is 17.7 Å². The van der Waals surface area contributed by atoms with Crippen molar-refractivity contribution in [3.05, 3.63) is 75.8 Å². The number of hydrogen-bond donors (Lipinski definition) is 1. The third kappa shape index (κ3) is 2.59. The Morgan fingerprint density at radius 2 is 1.65 bits per heavy atom. The smallest absolute Gasteiger partial charge is 0.320 e. The van der Waals surface area contributed by atoms with Crippen molar-refractivity contribution in [2.75, 3.05) is 0 Å². The zero-order valence-corrected chi connectivity index (χ0v) is 14.8. The lowest BCUT2D eigenvalue weighted by Crippen LogP contribution is -2.34. The first kappa shape index (κ1) is 16.8. The molecule has 0 bridgehead atoms. The molecule has 3 aromatic rings. The van der Waals surface area contributed by atoms with Gasteiger partial charge in [0.05, 0.1) is 11.4 Å². The van der Waals surface area contributed by atoms with Gasteiger partial charge >= 0.3 is 5.97 Å². The Labute approximate surface area is 158 Å². The van der Waals surface area contributed by atoms with Gasteiger partial charge in [-0.1, -0.05) is 59.6 Å². The van der Waals surface area contributed by atoms with Gasteiger partial charge in [0.1, 0.15) is 0 Å². The van der Waals surface area contributed by atoms with Gasteiger partial charge in [-0.2, -0.15) is 0 Å². The van der Waals surface area contributed by atoms with E-state index in [1.54, 1.807) is 24.3 Å². The SMILES string of the molecule is O=C(O)C1C(=O)c2cc(Cl)c3ccccc3c2N=C1c1ccc(Cl)cc1. The molecule has 0 radical (unpaired) electrons. The van der Waals surface area contributed by atoms with E-state index in [2.05, 4.69) is 4.99 Å². The number of fused-ring (bicyclic) bond motifs is 3. The van der Waals surface area contributed by atoms with Gasteiger partial charge in [0.15, 0.2) is 11.7 Å². The maximum absolute atomic E-state index is 13.0. The Bertz CT molecular complexity index is 1100. The summed E-state index contributed by atoms with van der Waals surface area (Å²) in [5.74, 6) is -3.17. The van der Waals surface area contributed by atoms with Gasteiger partial charge in [-0.05, 0) is 23.8 Å². The first-order valence-electron chi connectivity index (χ1n) is 7.80. The second-order valence-corrected chi connectivity index (χ2v) is 6.78. The van der Waals surface area contributed by atoms with Gasteiger partial charge in [-0.15, -0.1) is 0 Å². The molecule has 0 fully saturated rings. The zero-order chi connectivity index (χ0) is 18.4. The first-order valence-corrected chi connectivity index (χ1v) is 8.56. The highest BCUT2D eigenvalue weighted by molar-refractivity contribution is 6.39. The number of Topliss-reactive ketones (excluding diaryl/α,β-unsaturated/α-hetero) is 1. The van der Waals surface area contributed by atoms with E-state index in [1.807, 2.05) is 24.3 Å². The van der Waals surface area contributed by atoms with Crippen LogP contribution in [0.25, 0.3) is 10.8 Å². The first-order chi connectivity index (χ1) is 12.5. The second kappa shape index (κ2) is 6.24. The van der Waals surface area contributed by atoms with Gasteiger partial charge in [-0.3, -0.25) is 14.6 Å². The van der Waals surface area contributed by atoms with Crippen molar-refractivity contribution < 1.29 is 14.7 Å². The summed E-state index contributed by atoms with van der Waals surface area (Å²) in [6.45, 7) is 0. The molecule has 3 aromatic carbocycles. The van der Waals surface area contributed by atoms with Gasteiger partial charge in [0.2, 0.25) is 0 Å². The van der Waals surface area contributed by atoms with Crippen molar-refractivity contribution in [1.82, 2.24) is 0 Å². The number of rotatable bonds is 2. The highest BCUT2D eigenvalue weighted by Gasteiger charge is 2.38. The van der Waals surface area contributed by atoms with Crippen LogP contribution in [0.1, 0.15) is 15.9 Å². The van der Waals surface area contributed by atoms with Crippen molar-refractivity contribution in [2.24, 2.45) is 10.9 Å². The van der Waals surface area contributed by atoms with E-state index in [4.69, 9.17) is 23.2 Å². The summed E-state index contributed by atoms with van der Waals surface area (Å²) < 4.78 is 0. The lowest BCUT2D eigenvalue weighted by Gasteiger charge is -2.22. The lowest BCUT2D eigenvalue weighted by molar-refractivity contribution is -0.137. The number of halogens is 2. The average Bonchev–Trinajstić information content (AvgIpc) is 2.63. The van der Waals surface area contributed by atoms with Gasteiger partial charge in [0, 0.05) is 26.4 Å². The Kier molecular flexibility index (Phi) is 4.02. The van der Waals surface area contributed by atoms with Gasteiger partial charge < -0.3 is 5.11 Å². The highest BCUT2D eigenvalue weighted by atomic mass is 35.5. The number of nitrogens with zero attached hydrogens (tertiary/aromatic N) is 1. The summed E-state index contributed by atoms with van der Waals surface area (Å²) in [4.78, 5) is 29.4. The molecule has 1 unspecified atom stereocenters. The van der Waals surface area contributed by atoms with E-state index >= 15 is 0 Å². The van der Waals surface area contributed by atoms with Crippen LogP contribution in [0.2, 0.25) is 10.0 Å². The largest absolute Gasteiger partial charge is 0.480 e. The van der Waals surface area contributed by atoms with Gasteiger partial charge in [-0.25, -0.2) is 0 Å². The highest BCUT2D eigenvalue weighted by Crippen LogP contribution is 2.40. The normalized spacial score (nSPS) is 16.3. The number of carboxylic acid groups (broad SMARTS) is 1. The minimum atomic E-state index is -1.39. The van der Waals surface area contributed by atoms with E-state index in [1.165, 1.54) is 6.07 Å². The van der Waals surface area contributed by atoms with E-state index in [9.17, 15) is 14.7 Å². The van der Waals surface area contributed by atoms with E-state index in [-0.39, 0.29) is 11.3 Å². The van der Waals surface area contributed by atoms with Crippen molar-refractivity contribution in [1.29, 1.82) is 0 Å². The maximum Gasteiger partial charge on any atom is 0.320 e. The molecule has 26 heavy (non-hydrogen) atoms. The number of benzene rings is 3. The number of ketones is 1. The quantitative estimate of drug-likeness (QED) is 0.621. The van der Waals surface area contributed by atoms with Crippen LogP contribution in [-0.2, 0) is 4.79 Å². The predicted molar refractivity (Wildman–Crippen MR) is 102 cm³/mol. The summed E-state index contributed by atoms with van der Waals surface area (Å²) >= 11 is 12.2. The van der Waals surface area contributed by atoms with Crippen LogP contribution in [0.15, 0.2) is 59.6 Å². The molecule has 4 rings (SSSR count). The Balaban J connectivity index is 2.05. The molecule has 1 N–H and O–H groups in total. The fourth-order valence-corrected chi connectivity index (χ4v) is 3.57. The molecule has 4 nitrogen and oxygen atoms in total. The Morgan fingerprint density at radius 3 is 2.31 bits per heavy atom. The van der Waals surface area contributed by atoms with Crippen LogP contribution >= 0.6 is 23.2 Å². The molecule has 1 aliphatic heterocycles. The summed E-state index contributed by atoms with van der Waals surface area (Å²) in [7, 11) is 0. The minimum absolute atomic E-state index is 0.194. The Morgan fingerprint density at radius 1 is 1.00 bits per heavy atom. The molecule has 128 valence electrons. The standard InChI is InChI=1S/C20H11Cl2NO3/c21-11-7-5-10(6-8-11)17-16(20(25)26)19(24)14-9-15(22)12-3-1-2-4-13(12)18(14)23-17/h1-9,16H,(H,25,26). The predicted octanol–water partition coefficient (Wildman–Crippen LogP) is 5.16. The molecule has 0 amide bonds. The summed E-state index contributed by atoms with van der Waals surface area (Å²) in [5.41, 5.74) is 1.40. The molecular formula is C20H11Cl2NO3. The number of carboxylic acids is 1. The second-order valence-electron chi connectivity index (χ2n) is 5.94. The van der Waals surface area contributed by atoms with Crippen molar-refractivity contribution >= 4 is 57.1 Å². The van der Waals surface area contributed by atoms with Crippen molar-refractivity contribution in [3.63, 3.8) is 0 Å². The zero-order valence-electron chi connectivity index (χ0n) is 13.2. The van der Waals surface area contributed by atoms with Crippen molar-refractivity contribution in [3.8, 4) is 0 Å². The number of aliphatic carboxylic acids is 1. The molecular weight excluding hydrogens is 373 g/mol. The lowest BCUT2D eigenvalue weighted by atomic mass is 9.85. The summed E-state index contributed by atoms with van der Waals surface area (Å²) in [5, 5.41) is 12.0.